The summed E-state index contributed by atoms with van der Waals surface area (Å²) >= 11 is 0. The Bertz CT molecular complexity index is 245. The molecule has 0 heteroatoms. The second kappa shape index (κ2) is 3.32. The van der Waals surface area contributed by atoms with E-state index in [1.165, 1.54) is 12.8 Å². The van der Waals surface area contributed by atoms with Gasteiger partial charge in [0.05, 0.1) is 0 Å². The van der Waals surface area contributed by atoms with E-state index in [9.17, 15) is 0 Å². The molecule has 0 N–H and O–H groups in total. The molecule has 1 saturated carbocycles. The zero-order valence-electron chi connectivity index (χ0n) is 8.96. The van der Waals surface area contributed by atoms with Crippen molar-refractivity contribution in [1.29, 1.82) is 0 Å². The van der Waals surface area contributed by atoms with Crippen molar-refractivity contribution in [2.75, 3.05) is 0 Å². The van der Waals surface area contributed by atoms with Gasteiger partial charge >= 0.3 is 0 Å². The van der Waals surface area contributed by atoms with E-state index in [4.69, 9.17) is 0 Å². The van der Waals surface area contributed by atoms with Crippen molar-refractivity contribution in [2.45, 2.75) is 33.6 Å². The Morgan fingerprint density at radius 1 is 1.38 bits per heavy atom. The van der Waals surface area contributed by atoms with Crippen molar-refractivity contribution in [1.82, 2.24) is 0 Å². The Kier molecular flexibility index (Phi) is 2.31. The zero-order chi connectivity index (χ0) is 9.42. The highest BCUT2D eigenvalue weighted by Gasteiger charge is 2.33. The maximum absolute atomic E-state index is 2.41. The number of fused-ring (bicyclic) bond motifs is 1. The molecule has 0 saturated heterocycles. The Balaban J connectivity index is 2.19. The quantitative estimate of drug-likeness (QED) is 0.570. The maximum Gasteiger partial charge on any atom is -0.0132 e. The fourth-order valence-electron chi connectivity index (χ4n) is 2.95. The SMILES string of the molecule is CC1CC2=CC=CC(C(C)C)C2C1. The van der Waals surface area contributed by atoms with Crippen LogP contribution in [0.25, 0.3) is 0 Å². The van der Waals surface area contributed by atoms with Crippen LogP contribution in [0.5, 0.6) is 0 Å². The summed E-state index contributed by atoms with van der Waals surface area (Å²) in [5.74, 6) is 3.40. The van der Waals surface area contributed by atoms with E-state index in [2.05, 4.69) is 39.0 Å². The predicted octanol–water partition coefficient (Wildman–Crippen LogP) is 3.80. The van der Waals surface area contributed by atoms with Crippen LogP contribution in [0.15, 0.2) is 23.8 Å². The summed E-state index contributed by atoms with van der Waals surface area (Å²) in [6, 6.07) is 0. The monoisotopic (exact) mass is 176 g/mol. The summed E-state index contributed by atoms with van der Waals surface area (Å²) in [4.78, 5) is 0. The highest BCUT2D eigenvalue weighted by atomic mass is 14.4. The zero-order valence-corrected chi connectivity index (χ0v) is 8.96. The topological polar surface area (TPSA) is 0 Å². The van der Waals surface area contributed by atoms with Crippen molar-refractivity contribution in [3.05, 3.63) is 23.8 Å². The Labute approximate surface area is 81.7 Å². The highest BCUT2D eigenvalue weighted by Crippen LogP contribution is 2.44. The maximum atomic E-state index is 2.41. The molecule has 0 spiro atoms. The predicted molar refractivity (Wildman–Crippen MR) is 57.4 cm³/mol. The third-order valence-corrected chi connectivity index (χ3v) is 3.59. The third-order valence-electron chi connectivity index (χ3n) is 3.59. The van der Waals surface area contributed by atoms with Crippen LogP contribution in [0.3, 0.4) is 0 Å². The Morgan fingerprint density at radius 3 is 2.85 bits per heavy atom. The van der Waals surface area contributed by atoms with Gasteiger partial charge in [0.1, 0.15) is 0 Å². The van der Waals surface area contributed by atoms with Gasteiger partial charge in [-0.05, 0) is 36.5 Å². The first-order valence-electron chi connectivity index (χ1n) is 5.55. The number of allylic oxidation sites excluding steroid dienone is 4. The fraction of sp³-hybridized carbons (Fsp3) is 0.692. The largest absolute Gasteiger partial charge is 0.0806 e. The molecule has 2 rings (SSSR count). The minimum Gasteiger partial charge on any atom is -0.0806 e. The standard InChI is InChI=1S/C13H20/c1-9(2)12-6-4-5-11-7-10(3)8-13(11)12/h4-6,9-10,12-13H,7-8H2,1-3H3. The van der Waals surface area contributed by atoms with Crippen LogP contribution in [0, 0.1) is 23.7 Å². The third kappa shape index (κ3) is 1.59. The molecule has 0 bridgehead atoms. The molecule has 0 nitrogen and oxygen atoms in total. The van der Waals surface area contributed by atoms with E-state index in [1.54, 1.807) is 5.57 Å². The Morgan fingerprint density at radius 2 is 2.15 bits per heavy atom. The second-order valence-electron chi connectivity index (χ2n) is 5.10. The molecule has 0 amide bonds. The van der Waals surface area contributed by atoms with Gasteiger partial charge in [0.25, 0.3) is 0 Å². The molecule has 13 heavy (non-hydrogen) atoms. The fourth-order valence-corrected chi connectivity index (χ4v) is 2.95. The molecule has 0 radical (unpaired) electrons. The molecule has 72 valence electrons. The van der Waals surface area contributed by atoms with Crippen LogP contribution in [0.1, 0.15) is 33.6 Å². The molecule has 3 atom stereocenters. The summed E-state index contributed by atoms with van der Waals surface area (Å²) < 4.78 is 0. The molecule has 0 heterocycles. The van der Waals surface area contributed by atoms with Crippen molar-refractivity contribution < 1.29 is 0 Å². The van der Waals surface area contributed by atoms with Gasteiger partial charge in [0.2, 0.25) is 0 Å². The van der Waals surface area contributed by atoms with E-state index in [-0.39, 0.29) is 0 Å². The minimum atomic E-state index is 0.801. The number of hydrogen-bond donors (Lipinski definition) is 0. The summed E-state index contributed by atoms with van der Waals surface area (Å²) in [5, 5.41) is 0. The summed E-state index contributed by atoms with van der Waals surface area (Å²) in [6.45, 7) is 7.08. The normalized spacial score (nSPS) is 37.8. The average Bonchev–Trinajstić information content (AvgIpc) is 2.43. The first kappa shape index (κ1) is 9.05. The lowest BCUT2D eigenvalue weighted by atomic mass is 9.77. The summed E-state index contributed by atoms with van der Waals surface area (Å²) in [5.41, 5.74) is 1.72. The second-order valence-corrected chi connectivity index (χ2v) is 5.10. The van der Waals surface area contributed by atoms with Crippen molar-refractivity contribution in [2.24, 2.45) is 23.7 Å². The van der Waals surface area contributed by atoms with Gasteiger partial charge < -0.3 is 0 Å². The molecule has 1 fully saturated rings. The lowest BCUT2D eigenvalue weighted by Gasteiger charge is -2.27. The molecule has 0 aromatic heterocycles. The van der Waals surface area contributed by atoms with Crippen molar-refractivity contribution >= 4 is 0 Å². The molecule has 3 unspecified atom stereocenters. The molecule has 2 aliphatic rings. The van der Waals surface area contributed by atoms with Gasteiger partial charge in [-0.1, -0.05) is 44.6 Å². The van der Waals surface area contributed by atoms with Gasteiger partial charge in [-0.3, -0.25) is 0 Å². The van der Waals surface area contributed by atoms with Gasteiger partial charge in [0, 0.05) is 0 Å². The lowest BCUT2D eigenvalue weighted by molar-refractivity contribution is 0.339. The van der Waals surface area contributed by atoms with Crippen LogP contribution < -0.4 is 0 Å². The lowest BCUT2D eigenvalue weighted by Crippen LogP contribution is -2.19. The van der Waals surface area contributed by atoms with Crippen LogP contribution in [-0.2, 0) is 0 Å². The molecule has 2 aliphatic carbocycles. The molecule has 0 aliphatic heterocycles. The molecular weight excluding hydrogens is 156 g/mol. The molecule has 0 aromatic carbocycles. The van der Waals surface area contributed by atoms with E-state index < -0.39 is 0 Å². The van der Waals surface area contributed by atoms with Crippen LogP contribution in [0.2, 0.25) is 0 Å². The summed E-state index contributed by atoms with van der Waals surface area (Å²) in [7, 11) is 0. The van der Waals surface area contributed by atoms with Gasteiger partial charge in [0.15, 0.2) is 0 Å². The van der Waals surface area contributed by atoms with Gasteiger partial charge in [-0.2, -0.15) is 0 Å². The first-order valence-corrected chi connectivity index (χ1v) is 5.55. The Hall–Kier alpha value is -0.520. The number of hydrogen-bond acceptors (Lipinski definition) is 0. The van der Waals surface area contributed by atoms with Crippen molar-refractivity contribution in [3.8, 4) is 0 Å². The smallest absolute Gasteiger partial charge is 0.0132 e. The summed E-state index contributed by atoms with van der Waals surface area (Å²) in [6.07, 6.45) is 9.80. The van der Waals surface area contributed by atoms with E-state index in [1.807, 2.05) is 0 Å². The minimum absolute atomic E-state index is 0.801. The average molecular weight is 176 g/mol. The first-order chi connectivity index (χ1) is 6.18. The molecule has 0 aromatic rings. The van der Waals surface area contributed by atoms with Crippen LogP contribution in [0.4, 0.5) is 0 Å². The highest BCUT2D eigenvalue weighted by molar-refractivity contribution is 5.26. The van der Waals surface area contributed by atoms with Crippen LogP contribution >= 0.6 is 0 Å². The van der Waals surface area contributed by atoms with E-state index in [0.717, 1.165) is 23.7 Å². The van der Waals surface area contributed by atoms with E-state index in [0.29, 0.717) is 0 Å². The van der Waals surface area contributed by atoms with Gasteiger partial charge in [-0.15, -0.1) is 0 Å². The molecular formula is C13H20. The number of rotatable bonds is 1. The van der Waals surface area contributed by atoms with Crippen LogP contribution in [-0.4, -0.2) is 0 Å². The van der Waals surface area contributed by atoms with Crippen molar-refractivity contribution in [3.63, 3.8) is 0 Å². The van der Waals surface area contributed by atoms with E-state index >= 15 is 0 Å². The van der Waals surface area contributed by atoms with Gasteiger partial charge in [-0.25, -0.2) is 0 Å².